The molecule has 38 heavy (non-hydrogen) atoms. The van der Waals surface area contributed by atoms with E-state index in [-0.39, 0.29) is 10.8 Å². The molecule has 0 bridgehead atoms. The van der Waals surface area contributed by atoms with Gasteiger partial charge in [0, 0.05) is 5.56 Å². The number of hydrogen-bond acceptors (Lipinski definition) is 3. The highest BCUT2D eigenvalue weighted by Gasteiger charge is 2.29. The number of halogens is 1. The maximum absolute atomic E-state index is 8.63. The van der Waals surface area contributed by atoms with Crippen molar-refractivity contribution in [3.8, 4) is 17.2 Å². The SMILES string of the molecule is C=C(C)CCC.CC1(C)CCOc2c(I)cccc21.CC1(C)CCOc2ccccc21.Oc1ccccc1. The molecule has 0 unspecified atom stereocenters. The average Bonchev–Trinajstić information content (AvgIpc) is 2.86. The van der Waals surface area contributed by atoms with Crippen molar-refractivity contribution in [2.75, 3.05) is 13.2 Å². The Bertz CT molecular complexity index is 1140. The van der Waals surface area contributed by atoms with Crippen molar-refractivity contribution in [1.82, 2.24) is 0 Å². The molecule has 0 fully saturated rings. The maximum Gasteiger partial charge on any atom is 0.136 e. The van der Waals surface area contributed by atoms with E-state index in [0.717, 1.165) is 37.6 Å². The van der Waals surface area contributed by atoms with Crippen molar-refractivity contribution in [3.05, 3.63) is 99.6 Å². The van der Waals surface area contributed by atoms with Crippen LogP contribution in [0.4, 0.5) is 0 Å². The average molecular weight is 629 g/mol. The smallest absolute Gasteiger partial charge is 0.136 e. The lowest BCUT2D eigenvalue weighted by molar-refractivity contribution is 0.232. The minimum absolute atomic E-state index is 0.273. The van der Waals surface area contributed by atoms with E-state index < -0.39 is 0 Å². The second-order valence-electron chi connectivity index (χ2n) is 11.1. The predicted molar refractivity (Wildman–Crippen MR) is 170 cm³/mol. The van der Waals surface area contributed by atoms with Crippen LogP contribution in [0.1, 0.15) is 78.4 Å². The van der Waals surface area contributed by atoms with Crippen molar-refractivity contribution < 1.29 is 14.6 Å². The molecular weight excluding hydrogens is 583 g/mol. The van der Waals surface area contributed by atoms with Crippen LogP contribution in [0, 0.1) is 3.57 Å². The molecule has 2 aliphatic heterocycles. The number of ether oxygens (including phenoxy) is 2. The largest absolute Gasteiger partial charge is 0.508 e. The molecule has 0 aliphatic carbocycles. The third kappa shape index (κ3) is 10.0. The van der Waals surface area contributed by atoms with Crippen LogP contribution in [-0.4, -0.2) is 18.3 Å². The van der Waals surface area contributed by atoms with Crippen molar-refractivity contribution in [2.24, 2.45) is 0 Å². The third-order valence-electron chi connectivity index (χ3n) is 6.70. The fourth-order valence-corrected chi connectivity index (χ4v) is 4.94. The van der Waals surface area contributed by atoms with Gasteiger partial charge in [-0.3, -0.25) is 0 Å². The van der Waals surface area contributed by atoms with Gasteiger partial charge in [-0.15, -0.1) is 6.58 Å². The molecule has 0 atom stereocenters. The summed E-state index contributed by atoms with van der Waals surface area (Å²) in [6, 6.07) is 23.4. The fraction of sp³-hybridized carbons (Fsp3) is 0.412. The second kappa shape index (κ2) is 15.2. The van der Waals surface area contributed by atoms with Gasteiger partial charge in [0.25, 0.3) is 0 Å². The number of phenols is 1. The molecule has 4 heteroatoms. The minimum Gasteiger partial charge on any atom is -0.508 e. The summed E-state index contributed by atoms with van der Waals surface area (Å²) in [5, 5.41) is 8.63. The monoisotopic (exact) mass is 628 g/mol. The second-order valence-corrected chi connectivity index (χ2v) is 12.3. The highest BCUT2D eigenvalue weighted by atomic mass is 127. The molecule has 0 amide bonds. The Hall–Kier alpha value is -2.47. The Kier molecular flexibility index (Phi) is 12.7. The Balaban J connectivity index is 0.000000187. The molecule has 5 rings (SSSR count). The summed E-state index contributed by atoms with van der Waals surface area (Å²) in [6.45, 7) is 18.8. The number of hydrogen-bond donors (Lipinski definition) is 1. The van der Waals surface area contributed by atoms with E-state index in [0.29, 0.717) is 5.75 Å². The molecule has 0 saturated heterocycles. The predicted octanol–water partition coefficient (Wildman–Crippen LogP) is 9.85. The Labute approximate surface area is 244 Å². The van der Waals surface area contributed by atoms with Crippen LogP contribution in [-0.2, 0) is 10.8 Å². The number of rotatable bonds is 2. The number of benzene rings is 3. The van der Waals surface area contributed by atoms with E-state index in [1.165, 1.54) is 33.1 Å². The van der Waals surface area contributed by atoms with Crippen LogP contribution >= 0.6 is 22.6 Å². The molecule has 0 spiro atoms. The van der Waals surface area contributed by atoms with Crippen LogP contribution < -0.4 is 9.47 Å². The van der Waals surface area contributed by atoms with Gasteiger partial charge in [0.15, 0.2) is 0 Å². The summed E-state index contributed by atoms with van der Waals surface area (Å²) in [4.78, 5) is 0. The third-order valence-corrected chi connectivity index (χ3v) is 7.55. The number of allylic oxidation sites excluding steroid dienone is 1. The van der Waals surface area contributed by atoms with Crippen molar-refractivity contribution >= 4 is 22.6 Å². The first-order chi connectivity index (χ1) is 18.0. The molecule has 2 aliphatic rings. The van der Waals surface area contributed by atoms with Gasteiger partial charge in [0.2, 0.25) is 0 Å². The molecule has 0 saturated carbocycles. The highest BCUT2D eigenvalue weighted by Crippen LogP contribution is 2.40. The Morgan fingerprint density at radius 2 is 1.37 bits per heavy atom. The molecule has 2 heterocycles. The Morgan fingerprint density at radius 1 is 0.816 bits per heavy atom. The van der Waals surface area contributed by atoms with E-state index >= 15 is 0 Å². The molecule has 1 N–H and O–H groups in total. The summed E-state index contributed by atoms with van der Waals surface area (Å²) in [5.74, 6) is 2.48. The number of aromatic hydroxyl groups is 1. The molecule has 3 aromatic carbocycles. The van der Waals surface area contributed by atoms with Crippen LogP contribution in [0.2, 0.25) is 0 Å². The lowest BCUT2D eigenvalue weighted by Crippen LogP contribution is -2.26. The summed E-state index contributed by atoms with van der Waals surface area (Å²) in [6.07, 6.45) is 4.64. The van der Waals surface area contributed by atoms with Gasteiger partial charge < -0.3 is 14.6 Å². The minimum atomic E-state index is 0.273. The van der Waals surface area contributed by atoms with Gasteiger partial charge in [-0.2, -0.15) is 0 Å². The van der Waals surface area contributed by atoms with Crippen LogP contribution in [0.25, 0.3) is 0 Å². The van der Waals surface area contributed by atoms with E-state index in [9.17, 15) is 0 Å². The summed E-state index contributed by atoms with van der Waals surface area (Å²) in [5.41, 5.74) is 4.54. The summed E-state index contributed by atoms with van der Waals surface area (Å²) < 4.78 is 12.5. The van der Waals surface area contributed by atoms with Gasteiger partial charge in [-0.05, 0) is 89.4 Å². The Morgan fingerprint density at radius 3 is 1.87 bits per heavy atom. The lowest BCUT2D eigenvalue weighted by atomic mass is 9.80. The summed E-state index contributed by atoms with van der Waals surface area (Å²) >= 11 is 2.33. The summed E-state index contributed by atoms with van der Waals surface area (Å²) in [7, 11) is 0. The van der Waals surface area contributed by atoms with Gasteiger partial charge in [0.05, 0.1) is 16.8 Å². The first-order valence-electron chi connectivity index (χ1n) is 13.5. The quantitative estimate of drug-likeness (QED) is 0.227. The van der Waals surface area contributed by atoms with E-state index in [4.69, 9.17) is 14.6 Å². The molecular formula is C34H45IO3. The van der Waals surface area contributed by atoms with Gasteiger partial charge in [-0.1, -0.05) is 95.1 Å². The topological polar surface area (TPSA) is 38.7 Å². The van der Waals surface area contributed by atoms with Crippen molar-refractivity contribution in [3.63, 3.8) is 0 Å². The fourth-order valence-electron chi connectivity index (χ4n) is 4.29. The van der Waals surface area contributed by atoms with Gasteiger partial charge >= 0.3 is 0 Å². The molecule has 206 valence electrons. The number of para-hydroxylation sites is 3. The first-order valence-corrected chi connectivity index (χ1v) is 14.6. The van der Waals surface area contributed by atoms with E-state index in [2.05, 4.69) is 107 Å². The zero-order valence-electron chi connectivity index (χ0n) is 24.0. The number of phenolic OH excluding ortho intramolecular Hbond substituents is 1. The highest BCUT2D eigenvalue weighted by molar-refractivity contribution is 14.1. The van der Waals surface area contributed by atoms with Crippen LogP contribution in [0.3, 0.4) is 0 Å². The van der Waals surface area contributed by atoms with Gasteiger partial charge in [0.1, 0.15) is 17.2 Å². The molecule has 0 radical (unpaired) electrons. The molecule has 3 aromatic rings. The van der Waals surface area contributed by atoms with Crippen LogP contribution in [0.15, 0.2) is 84.9 Å². The first kappa shape index (κ1) is 31.7. The van der Waals surface area contributed by atoms with E-state index in [1.807, 2.05) is 12.1 Å². The van der Waals surface area contributed by atoms with Crippen LogP contribution in [0.5, 0.6) is 17.2 Å². The van der Waals surface area contributed by atoms with E-state index in [1.54, 1.807) is 24.3 Å². The van der Waals surface area contributed by atoms with Crippen molar-refractivity contribution in [1.29, 1.82) is 0 Å². The zero-order valence-corrected chi connectivity index (χ0v) is 26.2. The molecule has 0 aromatic heterocycles. The zero-order chi connectivity index (χ0) is 28.2. The molecule has 3 nitrogen and oxygen atoms in total. The standard InChI is InChI=1S/C11H13IO.C11H14O.C6H6O.C6H12/c1-11(2)6-7-13-10-8(11)4-3-5-9(10)12;1-11(2)7-8-12-10-6-4-3-5-9(10)11;7-6-4-2-1-3-5-6;1-4-5-6(2)3/h3-5H,6-7H2,1-2H3;3-6H,7-8H2,1-2H3;1-5,7H;2,4-5H2,1,3H3. The number of fused-ring (bicyclic) bond motifs is 2. The normalized spacial score (nSPS) is 15.6. The lowest BCUT2D eigenvalue weighted by Gasteiger charge is -2.32. The van der Waals surface area contributed by atoms with Crippen molar-refractivity contribution in [2.45, 2.75) is 78.1 Å². The van der Waals surface area contributed by atoms with Gasteiger partial charge in [-0.25, -0.2) is 0 Å². The maximum atomic E-state index is 8.63.